The number of hydrogen-bond acceptors (Lipinski definition) is 3. The molecule has 7 heteroatoms. The van der Waals surface area contributed by atoms with Crippen LogP contribution in [0.25, 0.3) is 0 Å². The molecule has 22 heavy (non-hydrogen) atoms. The lowest BCUT2D eigenvalue weighted by Crippen LogP contribution is -2.12. The van der Waals surface area contributed by atoms with Crippen molar-refractivity contribution in [1.82, 2.24) is 0 Å². The molecule has 0 spiro atoms. The maximum atomic E-state index is 12.1. The number of benzene rings is 2. The number of carbonyl (C=O) groups excluding carboxylic acids is 1. The molecule has 2 rings (SSSR count). The van der Waals surface area contributed by atoms with Crippen molar-refractivity contribution in [1.29, 1.82) is 0 Å². The van der Waals surface area contributed by atoms with Crippen molar-refractivity contribution < 1.29 is 13.2 Å². The summed E-state index contributed by atoms with van der Waals surface area (Å²) in [6.45, 7) is 0. The summed E-state index contributed by atoms with van der Waals surface area (Å²) >= 11 is 11.9. The van der Waals surface area contributed by atoms with E-state index in [0.29, 0.717) is 21.8 Å². The van der Waals surface area contributed by atoms with Crippen LogP contribution < -0.4 is 5.32 Å². The van der Waals surface area contributed by atoms with Crippen molar-refractivity contribution >= 4 is 44.6 Å². The second-order valence-corrected chi connectivity index (χ2v) is 7.75. The van der Waals surface area contributed by atoms with Crippen LogP contribution in [0.3, 0.4) is 0 Å². The smallest absolute Gasteiger partial charge is 0.255 e. The van der Waals surface area contributed by atoms with E-state index in [4.69, 9.17) is 23.2 Å². The molecule has 0 saturated carbocycles. The van der Waals surface area contributed by atoms with E-state index in [0.717, 1.165) is 6.26 Å². The summed E-state index contributed by atoms with van der Waals surface area (Å²) in [5.41, 5.74) is 1.44. The van der Waals surface area contributed by atoms with Gasteiger partial charge in [0, 0.05) is 11.8 Å². The fourth-order valence-corrected chi connectivity index (χ4v) is 3.00. The molecule has 0 atom stereocenters. The largest absolute Gasteiger partial charge is 0.321 e. The van der Waals surface area contributed by atoms with Crippen LogP contribution >= 0.6 is 23.2 Å². The van der Waals surface area contributed by atoms with Gasteiger partial charge in [0.05, 0.1) is 21.5 Å². The lowest BCUT2D eigenvalue weighted by molar-refractivity contribution is 0.102. The van der Waals surface area contributed by atoms with Gasteiger partial charge in [0.2, 0.25) is 0 Å². The van der Waals surface area contributed by atoms with Crippen molar-refractivity contribution in [3.63, 3.8) is 0 Å². The van der Waals surface area contributed by atoms with E-state index in [-0.39, 0.29) is 16.7 Å². The van der Waals surface area contributed by atoms with Crippen LogP contribution in [-0.2, 0) is 15.6 Å². The van der Waals surface area contributed by atoms with Crippen molar-refractivity contribution in [3.8, 4) is 0 Å². The third-order valence-electron chi connectivity index (χ3n) is 2.84. The predicted octanol–water partition coefficient (Wildman–Crippen LogP) is 3.79. The van der Waals surface area contributed by atoms with Gasteiger partial charge in [-0.15, -0.1) is 0 Å². The summed E-state index contributed by atoms with van der Waals surface area (Å²) in [6.07, 6.45) is 1.16. The first kappa shape index (κ1) is 16.8. The Morgan fingerprint density at radius 3 is 2.32 bits per heavy atom. The molecule has 4 nitrogen and oxygen atoms in total. The quantitative estimate of drug-likeness (QED) is 0.905. The summed E-state index contributed by atoms with van der Waals surface area (Å²) in [5.74, 6) is -0.412. The van der Waals surface area contributed by atoms with E-state index in [2.05, 4.69) is 5.32 Å². The van der Waals surface area contributed by atoms with Gasteiger partial charge in [-0.05, 0) is 29.8 Å². The number of hydrogen-bond donors (Lipinski definition) is 1. The first-order valence-electron chi connectivity index (χ1n) is 6.28. The highest BCUT2D eigenvalue weighted by atomic mass is 35.5. The number of sulfone groups is 1. The second-order valence-electron chi connectivity index (χ2n) is 4.82. The fraction of sp³-hybridized carbons (Fsp3) is 0.133. The number of carbonyl (C=O) groups is 1. The molecule has 0 heterocycles. The van der Waals surface area contributed by atoms with Crippen LogP contribution in [0.5, 0.6) is 0 Å². The van der Waals surface area contributed by atoms with E-state index < -0.39 is 9.84 Å². The van der Waals surface area contributed by atoms with Crippen LogP contribution in [-0.4, -0.2) is 20.6 Å². The molecule has 1 amide bonds. The van der Waals surface area contributed by atoms with Gasteiger partial charge in [-0.2, -0.15) is 0 Å². The lowest BCUT2D eigenvalue weighted by Gasteiger charge is -2.08. The highest BCUT2D eigenvalue weighted by molar-refractivity contribution is 7.89. The molecule has 0 aliphatic heterocycles. The molecule has 1 N–H and O–H groups in total. The third-order valence-corrected chi connectivity index (χ3v) is 4.52. The molecule has 0 radical (unpaired) electrons. The first-order valence-corrected chi connectivity index (χ1v) is 9.10. The normalized spacial score (nSPS) is 11.2. The molecule has 0 aromatic heterocycles. The summed E-state index contributed by atoms with van der Waals surface area (Å²) in [6, 6.07) is 11.3. The van der Waals surface area contributed by atoms with Crippen molar-refractivity contribution in [2.24, 2.45) is 0 Å². The number of amides is 1. The molecular formula is C15H13Cl2NO3S. The summed E-state index contributed by atoms with van der Waals surface area (Å²) in [7, 11) is -3.10. The van der Waals surface area contributed by atoms with E-state index in [1.807, 2.05) is 0 Å². The topological polar surface area (TPSA) is 63.2 Å². The molecule has 0 aliphatic carbocycles. The number of rotatable bonds is 4. The monoisotopic (exact) mass is 357 g/mol. The average molecular weight is 358 g/mol. The minimum atomic E-state index is -3.10. The van der Waals surface area contributed by atoms with E-state index >= 15 is 0 Å². The number of nitrogens with one attached hydrogen (secondary N) is 1. The Balaban J connectivity index is 2.15. The van der Waals surface area contributed by atoms with E-state index in [1.54, 1.807) is 42.5 Å². The highest BCUT2D eigenvalue weighted by Crippen LogP contribution is 2.29. The number of anilines is 1. The van der Waals surface area contributed by atoms with Gasteiger partial charge in [-0.25, -0.2) is 8.42 Å². The van der Waals surface area contributed by atoms with Gasteiger partial charge in [-0.1, -0.05) is 41.4 Å². The first-order chi connectivity index (χ1) is 10.3. The Bertz CT molecular complexity index is 802. The highest BCUT2D eigenvalue weighted by Gasteiger charge is 2.11. The number of halogens is 2. The summed E-state index contributed by atoms with van der Waals surface area (Å²) < 4.78 is 22.4. The standard InChI is InChI=1S/C15H13Cl2NO3S/c1-22(20,21)9-10-5-7-11(8-6-10)15(19)18-13-4-2-3-12(16)14(13)17/h2-8H,9H2,1H3,(H,18,19). The maximum Gasteiger partial charge on any atom is 0.255 e. The Kier molecular flexibility index (Phi) is 5.11. The molecule has 0 saturated heterocycles. The minimum absolute atomic E-state index is 0.0605. The molecular weight excluding hydrogens is 345 g/mol. The molecule has 0 fully saturated rings. The SMILES string of the molecule is CS(=O)(=O)Cc1ccc(C(=O)Nc2cccc(Cl)c2Cl)cc1. The second kappa shape index (κ2) is 6.69. The van der Waals surface area contributed by atoms with Gasteiger partial charge in [-0.3, -0.25) is 4.79 Å². The van der Waals surface area contributed by atoms with E-state index in [1.165, 1.54) is 0 Å². The molecule has 2 aromatic rings. The molecule has 0 aliphatic rings. The van der Waals surface area contributed by atoms with Crippen LogP contribution in [0.15, 0.2) is 42.5 Å². The van der Waals surface area contributed by atoms with Gasteiger partial charge in [0.1, 0.15) is 0 Å². The molecule has 0 unspecified atom stereocenters. The van der Waals surface area contributed by atoms with Crippen molar-refractivity contribution in [3.05, 3.63) is 63.6 Å². The van der Waals surface area contributed by atoms with E-state index in [9.17, 15) is 13.2 Å². The van der Waals surface area contributed by atoms with Crippen LogP contribution in [0.1, 0.15) is 15.9 Å². The zero-order chi connectivity index (χ0) is 16.3. The summed E-state index contributed by atoms with van der Waals surface area (Å²) in [5, 5.41) is 3.28. The summed E-state index contributed by atoms with van der Waals surface area (Å²) in [4.78, 5) is 12.1. The van der Waals surface area contributed by atoms with Crippen LogP contribution in [0, 0.1) is 0 Å². The Morgan fingerprint density at radius 2 is 1.73 bits per heavy atom. The predicted molar refractivity (Wildman–Crippen MR) is 89.4 cm³/mol. The Morgan fingerprint density at radius 1 is 1.09 bits per heavy atom. The molecule has 0 bridgehead atoms. The zero-order valence-corrected chi connectivity index (χ0v) is 14.0. The zero-order valence-electron chi connectivity index (χ0n) is 11.6. The maximum absolute atomic E-state index is 12.1. The fourth-order valence-electron chi connectivity index (χ4n) is 1.85. The third kappa shape index (κ3) is 4.47. The molecule has 116 valence electrons. The van der Waals surface area contributed by atoms with Crippen molar-refractivity contribution in [2.45, 2.75) is 5.75 Å². The van der Waals surface area contributed by atoms with Gasteiger partial charge in [0.25, 0.3) is 5.91 Å². The lowest BCUT2D eigenvalue weighted by atomic mass is 10.1. The Hall–Kier alpha value is -1.56. The van der Waals surface area contributed by atoms with Gasteiger partial charge in [0.15, 0.2) is 9.84 Å². The molecule has 2 aromatic carbocycles. The van der Waals surface area contributed by atoms with Gasteiger partial charge >= 0.3 is 0 Å². The minimum Gasteiger partial charge on any atom is -0.321 e. The average Bonchev–Trinajstić information content (AvgIpc) is 2.43. The Labute approximate surface area is 139 Å². The van der Waals surface area contributed by atoms with Gasteiger partial charge < -0.3 is 5.32 Å². The van der Waals surface area contributed by atoms with Crippen LogP contribution in [0.4, 0.5) is 5.69 Å². The van der Waals surface area contributed by atoms with Crippen LogP contribution in [0.2, 0.25) is 10.0 Å². The van der Waals surface area contributed by atoms with Crippen molar-refractivity contribution in [2.75, 3.05) is 11.6 Å².